The Morgan fingerprint density at radius 3 is 2.25 bits per heavy atom. The first-order valence-electron chi connectivity index (χ1n) is 7.28. The van der Waals surface area contributed by atoms with Crippen LogP contribution in [0.1, 0.15) is 18.1 Å². The lowest BCUT2D eigenvalue weighted by atomic mass is 10.1. The first-order chi connectivity index (χ1) is 11.2. The number of amides is 2. The molecule has 8 heteroatoms. The van der Waals surface area contributed by atoms with Crippen molar-refractivity contribution in [3.05, 3.63) is 40.4 Å². The summed E-state index contributed by atoms with van der Waals surface area (Å²) >= 11 is 5.88. The van der Waals surface area contributed by atoms with Crippen molar-refractivity contribution < 1.29 is 22.8 Å². The first kappa shape index (κ1) is 18.3. The molecule has 1 aliphatic heterocycles. The van der Waals surface area contributed by atoms with E-state index in [-0.39, 0.29) is 22.4 Å². The van der Waals surface area contributed by atoms with E-state index in [4.69, 9.17) is 11.6 Å². The molecule has 24 heavy (non-hydrogen) atoms. The molecule has 0 unspecified atom stereocenters. The quantitative estimate of drug-likeness (QED) is 0.761. The van der Waals surface area contributed by atoms with Crippen molar-refractivity contribution in [2.75, 3.05) is 26.2 Å². The molecule has 1 fully saturated rings. The number of hydrogen-bond acceptors (Lipinski definition) is 2. The molecule has 1 aliphatic rings. The highest BCUT2D eigenvalue weighted by Crippen LogP contribution is 2.32. The maximum absolute atomic E-state index is 12.7. The lowest BCUT2D eigenvalue weighted by Crippen LogP contribution is -2.49. The summed E-state index contributed by atoms with van der Waals surface area (Å²) in [5.74, 6) is -0.375. The Labute approximate surface area is 142 Å². The number of rotatable bonds is 2. The van der Waals surface area contributed by atoms with Gasteiger partial charge >= 0.3 is 6.18 Å². The monoisotopic (exact) mass is 360 g/mol. The zero-order valence-electron chi connectivity index (χ0n) is 12.9. The van der Waals surface area contributed by atoms with Crippen LogP contribution in [0.3, 0.4) is 0 Å². The van der Waals surface area contributed by atoms with Crippen molar-refractivity contribution in [2.45, 2.75) is 13.1 Å². The zero-order valence-corrected chi connectivity index (χ0v) is 13.7. The molecule has 1 aromatic carbocycles. The third kappa shape index (κ3) is 4.50. The minimum Gasteiger partial charge on any atom is -0.339 e. The average Bonchev–Trinajstić information content (AvgIpc) is 2.52. The third-order valence-corrected chi connectivity index (χ3v) is 4.11. The first-order valence-corrected chi connectivity index (χ1v) is 7.65. The van der Waals surface area contributed by atoms with Gasteiger partial charge in [0.25, 0.3) is 0 Å². The van der Waals surface area contributed by atoms with Crippen LogP contribution in [0.4, 0.5) is 13.2 Å². The predicted octanol–water partition coefficient (Wildman–Crippen LogP) is 3.06. The molecule has 2 amide bonds. The Morgan fingerprint density at radius 2 is 1.71 bits per heavy atom. The normalized spacial score (nSPS) is 15.9. The van der Waals surface area contributed by atoms with Gasteiger partial charge in [-0.05, 0) is 29.8 Å². The van der Waals surface area contributed by atoms with E-state index >= 15 is 0 Å². The Bertz CT molecular complexity index is 666. The van der Waals surface area contributed by atoms with Crippen LogP contribution >= 0.6 is 11.6 Å². The summed E-state index contributed by atoms with van der Waals surface area (Å²) in [5, 5.41) is 0.133. The van der Waals surface area contributed by atoms with E-state index in [2.05, 4.69) is 0 Å². The highest BCUT2D eigenvalue weighted by atomic mass is 35.5. The Hall–Kier alpha value is -2.02. The second kappa shape index (κ2) is 7.25. The van der Waals surface area contributed by atoms with Crippen LogP contribution in [-0.2, 0) is 15.8 Å². The van der Waals surface area contributed by atoms with Gasteiger partial charge in [-0.15, -0.1) is 0 Å². The van der Waals surface area contributed by atoms with Gasteiger partial charge < -0.3 is 9.80 Å². The molecule has 1 aromatic rings. The number of hydrogen-bond donors (Lipinski definition) is 0. The van der Waals surface area contributed by atoms with Crippen LogP contribution in [0.5, 0.6) is 0 Å². The van der Waals surface area contributed by atoms with Crippen molar-refractivity contribution in [1.82, 2.24) is 9.80 Å². The zero-order chi connectivity index (χ0) is 17.9. The summed E-state index contributed by atoms with van der Waals surface area (Å²) in [4.78, 5) is 26.5. The molecule has 4 nitrogen and oxygen atoms in total. The average molecular weight is 361 g/mol. The fourth-order valence-electron chi connectivity index (χ4n) is 2.36. The molecule has 0 N–H and O–H groups in total. The lowest BCUT2D eigenvalue weighted by Gasteiger charge is -2.33. The molecule has 0 aliphatic carbocycles. The van der Waals surface area contributed by atoms with E-state index in [0.717, 1.165) is 18.2 Å². The second-order valence-electron chi connectivity index (χ2n) is 5.40. The molecular formula is C16H16ClF3N2O2. The molecule has 0 bridgehead atoms. The topological polar surface area (TPSA) is 40.6 Å². The number of carbonyl (C=O) groups is 2. The molecule has 0 radical (unpaired) electrons. The van der Waals surface area contributed by atoms with E-state index in [1.807, 2.05) is 0 Å². The van der Waals surface area contributed by atoms with Gasteiger partial charge in [0.2, 0.25) is 11.8 Å². The van der Waals surface area contributed by atoms with Crippen LogP contribution in [0.15, 0.2) is 24.3 Å². The molecule has 130 valence electrons. The van der Waals surface area contributed by atoms with Gasteiger partial charge in [0.05, 0.1) is 5.56 Å². The number of alkyl halides is 3. The number of halogens is 4. The Morgan fingerprint density at radius 1 is 1.12 bits per heavy atom. The van der Waals surface area contributed by atoms with Crippen LogP contribution in [0, 0.1) is 0 Å². The second-order valence-corrected chi connectivity index (χ2v) is 5.81. The molecule has 2 rings (SSSR count). The molecular weight excluding hydrogens is 345 g/mol. The molecule has 1 saturated heterocycles. The van der Waals surface area contributed by atoms with Gasteiger partial charge in [0, 0.05) is 44.2 Å². The summed E-state index contributed by atoms with van der Waals surface area (Å²) in [6, 6.07) is 2.95. The van der Waals surface area contributed by atoms with Gasteiger partial charge in [-0.2, -0.15) is 13.2 Å². The summed E-state index contributed by atoms with van der Waals surface area (Å²) in [7, 11) is 0. The van der Waals surface area contributed by atoms with Crippen LogP contribution < -0.4 is 0 Å². The van der Waals surface area contributed by atoms with Gasteiger partial charge in [0.1, 0.15) is 0 Å². The standard InChI is InChI=1S/C16H16ClF3N2O2/c1-11(23)21-6-8-22(9-7-21)15(24)5-2-12-10-13(16(18,19)20)3-4-14(12)17/h2-5,10H,6-9H2,1H3. The number of nitrogens with zero attached hydrogens (tertiary/aromatic N) is 2. The van der Waals surface area contributed by atoms with Crippen molar-refractivity contribution in [1.29, 1.82) is 0 Å². The molecule has 0 aromatic heterocycles. The summed E-state index contributed by atoms with van der Waals surface area (Å²) in [5.41, 5.74) is -0.698. The van der Waals surface area contributed by atoms with Crippen LogP contribution in [0.2, 0.25) is 5.02 Å². The van der Waals surface area contributed by atoms with E-state index in [0.29, 0.717) is 26.2 Å². The predicted molar refractivity (Wildman–Crippen MR) is 84.3 cm³/mol. The van der Waals surface area contributed by atoms with Crippen molar-refractivity contribution in [3.63, 3.8) is 0 Å². The maximum Gasteiger partial charge on any atom is 0.416 e. The van der Waals surface area contributed by atoms with Crippen molar-refractivity contribution >= 4 is 29.5 Å². The fourth-order valence-corrected chi connectivity index (χ4v) is 2.54. The van der Waals surface area contributed by atoms with Gasteiger partial charge in [0.15, 0.2) is 0 Å². The summed E-state index contributed by atoms with van der Waals surface area (Å²) in [6.07, 6.45) is -2.00. The third-order valence-electron chi connectivity index (χ3n) is 3.77. The smallest absolute Gasteiger partial charge is 0.339 e. The molecule has 1 heterocycles. The van der Waals surface area contributed by atoms with E-state index < -0.39 is 11.7 Å². The van der Waals surface area contributed by atoms with E-state index in [1.165, 1.54) is 24.0 Å². The van der Waals surface area contributed by atoms with E-state index in [1.54, 1.807) is 4.90 Å². The van der Waals surface area contributed by atoms with E-state index in [9.17, 15) is 22.8 Å². The fraction of sp³-hybridized carbons (Fsp3) is 0.375. The summed E-state index contributed by atoms with van der Waals surface area (Å²) in [6.45, 7) is 3.13. The molecule has 0 saturated carbocycles. The van der Waals surface area contributed by atoms with Crippen molar-refractivity contribution in [3.8, 4) is 0 Å². The SMILES string of the molecule is CC(=O)N1CCN(C(=O)C=Cc2cc(C(F)(F)F)ccc2Cl)CC1. The number of piperazine rings is 1. The number of carbonyl (C=O) groups excluding carboxylic acids is 2. The van der Waals surface area contributed by atoms with Crippen molar-refractivity contribution in [2.24, 2.45) is 0 Å². The number of benzene rings is 1. The van der Waals surface area contributed by atoms with Gasteiger partial charge in [-0.1, -0.05) is 11.6 Å². The Balaban J connectivity index is 2.06. The minimum atomic E-state index is -4.47. The van der Waals surface area contributed by atoms with Gasteiger partial charge in [-0.3, -0.25) is 9.59 Å². The van der Waals surface area contributed by atoms with Crippen LogP contribution in [-0.4, -0.2) is 47.8 Å². The van der Waals surface area contributed by atoms with Crippen LogP contribution in [0.25, 0.3) is 6.08 Å². The maximum atomic E-state index is 12.7. The largest absolute Gasteiger partial charge is 0.416 e. The molecule has 0 spiro atoms. The Kier molecular flexibility index (Phi) is 5.54. The molecule has 0 atom stereocenters. The highest BCUT2D eigenvalue weighted by Gasteiger charge is 2.30. The minimum absolute atomic E-state index is 0.0478. The van der Waals surface area contributed by atoms with Gasteiger partial charge in [-0.25, -0.2) is 0 Å². The highest BCUT2D eigenvalue weighted by molar-refractivity contribution is 6.32. The lowest BCUT2D eigenvalue weighted by molar-refractivity contribution is -0.137. The summed E-state index contributed by atoms with van der Waals surface area (Å²) < 4.78 is 38.1.